The summed E-state index contributed by atoms with van der Waals surface area (Å²) in [5, 5.41) is 3.84. The number of aryl methyl sites for hydroxylation is 2. The van der Waals surface area contributed by atoms with Crippen molar-refractivity contribution in [2.75, 3.05) is 28.8 Å². The predicted molar refractivity (Wildman–Crippen MR) is 102 cm³/mol. The highest BCUT2D eigenvalue weighted by atomic mass is 35.5. The van der Waals surface area contributed by atoms with Crippen molar-refractivity contribution in [3.05, 3.63) is 40.5 Å². The third-order valence-electron chi connectivity index (χ3n) is 4.40. The molecule has 1 aromatic carbocycles. The number of halogens is 1. The molecule has 0 saturated carbocycles. The maximum Gasteiger partial charge on any atom is 0.229 e. The topological polar surface area (TPSA) is 75.2 Å². The highest BCUT2D eigenvalue weighted by molar-refractivity contribution is 7.91. The van der Waals surface area contributed by atoms with Crippen LogP contribution in [0.25, 0.3) is 0 Å². The van der Waals surface area contributed by atoms with Gasteiger partial charge in [-0.05, 0) is 38.0 Å². The Hall–Kier alpha value is -1.86. The second-order valence-electron chi connectivity index (χ2n) is 6.44. The Morgan fingerprint density at radius 1 is 1.24 bits per heavy atom. The van der Waals surface area contributed by atoms with Gasteiger partial charge in [0.15, 0.2) is 9.84 Å². The van der Waals surface area contributed by atoms with Crippen molar-refractivity contribution in [3.8, 4) is 0 Å². The zero-order valence-corrected chi connectivity index (χ0v) is 16.0. The average molecular weight is 381 g/mol. The highest BCUT2D eigenvalue weighted by Gasteiger charge is 2.31. The number of hydrogen-bond acceptors (Lipinski definition) is 6. The molecule has 0 spiro atoms. The number of benzene rings is 1. The third-order valence-corrected chi connectivity index (χ3v) is 6.39. The fourth-order valence-corrected chi connectivity index (χ4v) is 4.85. The number of nitrogens with one attached hydrogen (secondary N) is 1. The highest BCUT2D eigenvalue weighted by Crippen LogP contribution is 2.26. The van der Waals surface area contributed by atoms with E-state index in [9.17, 15) is 8.42 Å². The van der Waals surface area contributed by atoms with Gasteiger partial charge in [-0.1, -0.05) is 17.7 Å². The van der Waals surface area contributed by atoms with E-state index in [2.05, 4.69) is 15.3 Å². The molecule has 25 heavy (non-hydrogen) atoms. The van der Waals surface area contributed by atoms with Crippen molar-refractivity contribution < 1.29 is 8.42 Å². The van der Waals surface area contributed by atoms with Crippen molar-refractivity contribution in [1.82, 2.24) is 9.97 Å². The van der Waals surface area contributed by atoms with Gasteiger partial charge in [0.2, 0.25) is 5.95 Å². The fraction of sp³-hybridized carbons (Fsp3) is 0.412. The summed E-state index contributed by atoms with van der Waals surface area (Å²) in [5.74, 6) is 1.58. The molecule has 1 atom stereocenters. The molecule has 0 bridgehead atoms. The molecule has 1 N–H and O–H groups in total. The minimum absolute atomic E-state index is 0.0555. The maximum atomic E-state index is 11.7. The van der Waals surface area contributed by atoms with Gasteiger partial charge in [-0.15, -0.1) is 0 Å². The van der Waals surface area contributed by atoms with Gasteiger partial charge in [-0.25, -0.2) is 13.4 Å². The van der Waals surface area contributed by atoms with Crippen LogP contribution in [0.4, 0.5) is 17.5 Å². The molecule has 1 aliphatic rings. The van der Waals surface area contributed by atoms with E-state index in [0.717, 1.165) is 16.9 Å². The molecular weight excluding hydrogens is 360 g/mol. The van der Waals surface area contributed by atoms with Gasteiger partial charge >= 0.3 is 0 Å². The van der Waals surface area contributed by atoms with Crippen molar-refractivity contribution in [1.29, 1.82) is 0 Å². The molecule has 2 aromatic rings. The molecule has 2 heterocycles. The first-order valence-electron chi connectivity index (χ1n) is 8.05. The minimum atomic E-state index is -2.94. The number of sulfone groups is 1. The Labute approximate surface area is 153 Å². The third kappa shape index (κ3) is 4.22. The van der Waals surface area contributed by atoms with Gasteiger partial charge in [0.25, 0.3) is 0 Å². The van der Waals surface area contributed by atoms with Crippen molar-refractivity contribution in [2.24, 2.45) is 0 Å². The van der Waals surface area contributed by atoms with E-state index in [1.165, 1.54) is 0 Å². The second kappa shape index (κ2) is 6.80. The second-order valence-corrected chi connectivity index (χ2v) is 9.11. The molecule has 1 aliphatic heterocycles. The summed E-state index contributed by atoms with van der Waals surface area (Å²) in [4.78, 5) is 10.9. The molecule has 1 aromatic heterocycles. The first-order chi connectivity index (χ1) is 11.7. The zero-order valence-electron chi connectivity index (χ0n) is 14.5. The Morgan fingerprint density at radius 3 is 2.68 bits per heavy atom. The summed E-state index contributed by atoms with van der Waals surface area (Å²) >= 11 is 6.06. The lowest BCUT2D eigenvalue weighted by Gasteiger charge is -2.25. The van der Waals surface area contributed by atoms with Crippen LogP contribution in [-0.2, 0) is 9.84 Å². The Morgan fingerprint density at radius 2 is 2.00 bits per heavy atom. The van der Waals surface area contributed by atoms with E-state index >= 15 is 0 Å². The standard InChI is InChI=1S/C17H21ClN4O2S/c1-11-4-5-13(18)9-15(11)20-17-19-12(2)8-16(21-17)22(3)14-6-7-25(23,24)10-14/h4-5,8-9,14H,6-7,10H2,1-3H3,(H,19,20,21). The van der Waals surface area contributed by atoms with Crippen LogP contribution in [0.3, 0.4) is 0 Å². The Balaban J connectivity index is 1.86. The van der Waals surface area contributed by atoms with Gasteiger partial charge < -0.3 is 10.2 Å². The van der Waals surface area contributed by atoms with Gasteiger partial charge in [-0.3, -0.25) is 0 Å². The van der Waals surface area contributed by atoms with Gasteiger partial charge in [0.1, 0.15) is 5.82 Å². The summed E-state index contributed by atoms with van der Waals surface area (Å²) in [6, 6.07) is 7.40. The van der Waals surface area contributed by atoms with Crippen molar-refractivity contribution >= 4 is 38.9 Å². The van der Waals surface area contributed by atoms with Crippen LogP contribution in [0.15, 0.2) is 24.3 Å². The van der Waals surface area contributed by atoms with E-state index in [1.807, 2.05) is 50.1 Å². The molecule has 6 nitrogen and oxygen atoms in total. The molecule has 3 rings (SSSR count). The average Bonchev–Trinajstić information content (AvgIpc) is 2.89. The predicted octanol–water partition coefficient (Wildman–Crippen LogP) is 3.11. The largest absolute Gasteiger partial charge is 0.355 e. The molecule has 134 valence electrons. The van der Waals surface area contributed by atoms with Crippen LogP contribution in [0, 0.1) is 13.8 Å². The van der Waals surface area contributed by atoms with Crippen LogP contribution in [0.2, 0.25) is 5.02 Å². The number of aromatic nitrogens is 2. The van der Waals surface area contributed by atoms with Crippen molar-refractivity contribution in [2.45, 2.75) is 26.3 Å². The first kappa shape index (κ1) is 17.9. The monoisotopic (exact) mass is 380 g/mol. The first-order valence-corrected chi connectivity index (χ1v) is 10.3. The zero-order chi connectivity index (χ0) is 18.2. The quantitative estimate of drug-likeness (QED) is 0.878. The van der Waals surface area contributed by atoms with Crippen LogP contribution in [-0.4, -0.2) is 43.0 Å². The molecule has 1 saturated heterocycles. The molecule has 1 unspecified atom stereocenters. The van der Waals surface area contributed by atoms with E-state index in [-0.39, 0.29) is 17.5 Å². The summed E-state index contributed by atoms with van der Waals surface area (Å²) in [7, 11) is -1.07. The van der Waals surface area contributed by atoms with Gasteiger partial charge in [-0.2, -0.15) is 4.98 Å². The van der Waals surface area contributed by atoms with Gasteiger partial charge in [0, 0.05) is 35.6 Å². The normalized spacial score (nSPS) is 19.0. The Bertz CT molecular complexity index is 902. The van der Waals surface area contributed by atoms with Crippen LogP contribution >= 0.6 is 11.6 Å². The fourth-order valence-electron chi connectivity index (χ4n) is 2.91. The molecule has 0 amide bonds. The smallest absolute Gasteiger partial charge is 0.229 e. The van der Waals surface area contributed by atoms with Crippen LogP contribution in [0.5, 0.6) is 0 Å². The van der Waals surface area contributed by atoms with E-state index in [1.54, 1.807) is 0 Å². The summed E-state index contributed by atoms with van der Waals surface area (Å²) in [6.07, 6.45) is 0.623. The van der Waals surface area contributed by atoms with Crippen LogP contribution < -0.4 is 10.2 Å². The molecule has 0 radical (unpaired) electrons. The van der Waals surface area contributed by atoms with Crippen LogP contribution in [0.1, 0.15) is 17.7 Å². The van der Waals surface area contributed by atoms with Gasteiger partial charge in [0.05, 0.1) is 11.5 Å². The summed E-state index contributed by atoms with van der Waals surface area (Å²) in [5.41, 5.74) is 2.68. The molecule has 0 aliphatic carbocycles. The van der Waals surface area contributed by atoms with E-state index in [4.69, 9.17) is 11.6 Å². The summed E-state index contributed by atoms with van der Waals surface area (Å²) in [6.45, 7) is 3.87. The number of rotatable bonds is 4. The SMILES string of the molecule is Cc1cc(N(C)C2CCS(=O)(=O)C2)nc(Nc2cc(Cl)ccc2C)n1. The number of nitrogens with zero attached hydrogens (tertiary/aromatic N) is 3. The molecular formula is C17H21ClN4O2S. The van der Waals surface area contributed by atoms with Crippen molar-refractivity contribution in [3.63, 3.8) is 0 Å². The number of anilines is 3. The lowest BCUT2D eigenvalue weighted by atomic mass is 10.2. The molecule has 1 fully saturated rings. The minimum Gasteiger partial charge on any atom is -0.355 e. The summed E-state index contributed by atoms with van der Waals surface area (Å²) < 4.78 is 23.5. The number of hydrogen-bond donors (Lipinski definition) is 1. The molecule has 8 heteroatoms. The van der Waals surface area contributed by atoms with E-state index < -0.39 is 9.84 Å². The van der Waals surface area contributed by atoms with E-state index in [0.29, 0.717) is 23.2 Å². The lowest BCUT2D eigenvalue weighted by Crippen LogP contribution is -2.33. The Kier molecular flexibility index (Phi) is 4.88. The maximum absolute atomic E-state index is 11.7. The lowest BCUT2D eigenvalue weighted by molar-refractivity contribution is 0.600.